The van der Waals surface area contributed by atoms with E-state index in [9.17, 15) is 4.79 Å². The Bertz CT molecular complexity index is 1440. The Morgan fingerprint density at radius 1 is 1.08 bits per heavy atom. The summed E-state index contributed by atoms with van der Waals surface area (Å²) in [5.74, 6) is 1.29. The molecule has 1 heterocycles. The van der Waals surface area contributed by atoms with E-state index < -0.39 is 0 Å². The van der Waals surface area contributed by atoms with Crippen molar-refractivity contribution in [3.8, 4) is 5.75 Å². The molecule has 0 saturated heterocycles. The fourth-order valence-corrected chi connectivity index (χ4v) is 6.28. The molecular weight excluding hydrogens is 464 g/mol. The number of nitrogens with zero attached hydrogens (tertiary/aromatic N) is 1. The van der Waals surface area contributed by atoms with E-state index in [1.807, 2.05) is 60.8 Å². The van der Waals surface area contributed by atoms with Gasteiger partial charge in [-0.25, -0.2) is 4.99 Å². The van der Waals surface area contributed by atoms with Gasteiger partial charge in [0.25, 0.3) is 5.91 Å². The van der Waals surface area contributed by atoms with Gasteiger partial charge in [0.15, 0.2) is 0 Å². The lowest BCUT2D eigenvalue weighted by Crippen LogP contribution is -2.27. The van der Waals surface area contributed by atoms with Crippen molar-refractivity contribution in [3.63, 3.8) is 0 Å². The van der Waals surface area contributed by atoms with Gasteiger partial charge in [-0.05, 0) is 65.3 Å². The molecule has 5 heteroatoms. The number of fused-ring (bicyclic) bond motifs is 2. The second kappa shape index (κ2) is 9.90. The molecule has 4 nitrogen and oxygen atoms in total. The van der Waals surface area contributed by atoms with E-state index in [4.69, 9.17) is 9.73 Å². The third-order valence-corrected chi connectivity index (χ3v) is 8.32. The Morgan fingerprint density at radius 2 is 1.86 bits per heavy atom. The first-order chi connectivity index (χ1) is 17.3. The average Bonchev–Trinajstić information content (AvgIpc) is 3.25. The Kier molecular flexibility index (Phi) is 6.67. The highest BCUT2D eigenvalue weighted by atomic mass is 32.1. The van der Waals surface area contributed by atoms with Gasteiger partial charge in [0, 0.05) is 22.2 Å². The predicted molar refractivity (Wildman–Crippen MR) is 151 cm³/mol. The number of ether oxygens (including phenoxy) is 1. The van der Waals surface area contributed by atoms with Crippen LogP contribution in [0.25, 0.3) is 10.8 Å². The Labute approximate surface area is 217 Å². The molecule has 0 unspecified atom stereocenters. The second-order valence-corrected chi connectivity index (χ2v) is 11.6. The van der Waals surface area contributed by atoms with Gasteiger partial charge < -0.3 is 10.1 Å². The molecule has 1 aliphatic rings. The van der Waals surface area contributed by atoms with Crippen LogP contribution in [0.4, 0.5) is 10.7 Å². The SMILES string of the molecule is COc1cccc(C=Nc2sc3c(c2C(=O)Nc2cccc4ccccc24)CC[C@@H](C(C)(C)C)C3)c1. The molecule has 1 amide bonds. The third kappa shape index (κ3) is 4.93. The van der Waals surface area contributed by atoms with E-state index in [2.05, 4.69) is 38.2 Å². The molecule has 1 N–H and O–H groups in total. The minimum Gasteiger partial charge on any atom is -0.497 e. The van der Waals surface area contributed by atoms with Crippen molar-refractivity contribution in [1.82, 2.24) is 0 Å². The van der Waals surface area contributed by atoms with Gasteiger partial charge in [-0.1, -0.05) is 69.3 Å². The van der Waals surface area contributed by atoms with Crippen LogP contribution in [0.5, 0.6) is 5.75 Å². The molecule has 0 saturated carbocycles. The average molecular weight is 497 g/mol. The van der Waals surface area contributed by atoms with E-state index in [1.165, 1.54) is 4.88 Å². The number of aliphatic imine (C=N–C) groups is 1. The summed E-state index contributed by atoms with van der Waals surface area (Å²) < 4.78 is 5.36. The highest BCUT2D eigenvalue weighted by Crippen LogP contribution is 2.45. The summed E-state index contributed by atoms with van der Waals surface area (Å²) >= 11 is 1.66. The maximum Gasteiger partial charge on any atom is 0.259 e. The molecule has 0 aliphatic heterocycles. The number of nitrogens with one attached hydrogen (secondary N) is 1. The highest BCUT2D eigenvalue weighted by Gasteiger charge is 2.33. The summed E-state index contributed by atoms with van der Waals surface area (Å²) in [6.07, 6.45) is 4.81. The number of hydrogen-bond donors (Lipinski definition) is 1. The number of hydrogen-bond acceptors (Lipinski definition) is 4. The maximum atomic E-state index is 13.8. The number of anilines is 1. The standard InChI is InChI=1S/C31H32N2O2S/c1-31(2,3)22-15-16-25-27(18-22)36-30(32-19-20-9-7-12-23(17-20)35-4)28(25)29(34)33-26-14-8-11-21-10-5-6-13-24(21)26/h5-14,17,19,22H,15-16,18H2,1-4H3,(H,33,34)/t22-/m1/s1. The van der Waals surface area contributed by atoms with Gasteiger partial charge in [-0.3, -0.25) is 4.79 Å². The predicted octanol–water partition coefficient (Wildman–Crippen LogP) is 8.06. The van der Waals surface area contributed by atoms with Gasteiger partial charge >= 0.3 is 0 Å². The maximum absolute atomic E-state index is 13.8. The molecule has 184 valence electrons. The fraction of sp³-hybridized carbons (Fsp3) is 0.290. The van der Waals surface area contributed by atoms with Crippen LogP contribution in [0, 0.1) is 11.3 Å². The third-order valence-electron chi connectivity index (χ3n) is 7.16. The Morgan fingerprint density at radius 3 is 2.67 bits per heavy atom. The second-order valence-electron chi connectivity index (χ2n) is 10.5. The highest BCUT2D eigenvalue weighted by molar-refractivity contribution is 7.16. The normalized spacial score (nSPS) is 15.7. The van der Waals surface area contributed by atoms with E-state index in [1.54, 1.807) is 18.4 Å². The van der Waals surface area contributed by atoms with Crippen molar-refractivity contribution in [3.05, 3.63) is 88.3 Å². The molecule has 1 aliphatic carbocycles. The summed E-state index contributed by atoms with van der Waals surface area (Å²) in [4.78, 5) is 19.9. The van der Waals surface area contributed by atoms with Crippen LogP contribution < -0.4 is 10.1 Å². The van der Waals surface area contributed by atoms with E-state index in [0.29, 0.717) is 5.92 Å². The molecule has 5 rings (SSSR count). The molecule has 1 aromatic heterocycles. The number of carbonyl (C=O) groups excluding carboxylic acids is 1. The molecule has 0 spiro atoms. The number of rotatable bonds is 5. The van der Waals surface area contributed by atoms with Crippen LogP contribution in [0.3, 0.4) is 0 Å². The van der Waals surface area contributed by atoms with Crippen molar-refractivity contribution in [2.45, 2.75) is 40.0 Å². The van der Waals surface area contributed by atoms with Crippen molar-refractivity contribution in [2.24, 2.45) is 16.3 Å². The summed E-state index contributed by atoms with van der Waals surface area (Å²) in [5, 5.41) is 6.12. The molecule has 0 bridgehead atoms. The first kappa shape index (κ1) is 24.3. The lowest BCUT2D eigenvalue weighted by molar-refractivity contribution is 0.102. The Balaban J connectivity index is 1.53. The molecule has 1 atom stereocenters. The number of benzene rings is 3. The summed E-state index contributed by atoms with van der Waals surface area (Å²) in [5.41, 5.74) is 3.88. The Hall–Kier alpha value is -3.44. The van der Waals surface area contributed by atoms with Crippen LogP contribution >= 0.6 is 11.3 Å². The van der Waals surface area contributed by atoms with Gasteiger partial charge in [0.1, 0.15) is 10.8 Å². The number of amides is 1. The molecular formula is C31H32N2O2S. The summed E-state index contributed by atoms with van der Waals surface area (Å²) in [6.45, 7) is 6.94. The van der Waals surface area contributed by atoms with Crippen LogP contribution in [0.15, 0.2) is 71.7 Å². The minimum absolute atomic E-state index is 0.0872. The largest absolute Gasteiger partial charge is 0.497 e. The van der Waals surface area contributed by atoms with Gasteiger partial charge in [0.05, 0.1) is 12.7 Å². The van der Waals surface area contributed by atoms with E-state index in [0.717, 1.165) is 63.2 Å². The van der Waals surface area contributed by atoms with E-state index in [-0.39, 0.29) is 11.3 Å². The summed E-state index contributed by atoms with van der Waals surface area (Å²) in [6, 6.07) is 21.9. The van der Waals surface area contributed by atoms with Crippen LogP contribution in [0.1, 0.15) is 53.6 Å². The van der Waals surface area contributed by atoms with Crippen LogP contribution in [-0.4, -0.2) is 19.2 Å². The lowest BCUT2D eigenvalue weighted by Gasteiger charge is -2.33. The van der Waals surface area contributed by atoms with Gasteiger partial charge in [0.2, 0.25) is 0 Å². The monoisotopic (exact) mass is 496 g/mol. The summed E-state index contributed by atoms with van der Waals surface area (Å²) in [7, 11) is 1.66. The first-order valence-electron chi connectivity index (χ1n) is 12.5. The smallest absolute Gasteiger partial charge is 0.259 e. The van der Waals surface area contributed by atoms with Crippen molar-refractivity contribution in [1.29, 1.82) is 0 Å². The quantitative estimate of drug-likeness (QED) is 0.284. The van der Waals surface area contributed by atoms with Crippen molar-refractivity contribution < 1.29 is 9.53 Å². The molecule has 3 aromatic carbocycles. The molecule has 4 aromatic rings. The topological polar surface area (TPSA) is 50.7 Å². The number of methoxy groups -OCH3 is 1. The fourth-order valence-electron chi connectivity index (χ4n) is 5.01. The lowest BCUT2D eigenvalue weighted by atomic mass is 9.72. The zero-order chi connectivity index (χ0) is 25.3. The van der Waals surface area contributed by atoms with E-state index >= 15 is 0 Å². The zero-order valence-corrected chi connectivity index (χ0v) is 22.1. The number of carbonyl (C=O) groups is 1. The van der Waals surface area contributed by atoms with Crippen molar-refractivity contribution in [2.75, 3.05) is 12.4 Å². The van der Waals surface area contributed by atoms with Gasteiger partial charge in [-0.15, -0.1) is 11.3 Å². The number of thiophene rings is 1. The van der Waals surface area contributed by atoms with Crippen molar-refractivity contribution >= 4 is 44.9 Å². The molecule has 0 radical (unpaired) electrons. The van der Waals surface area contributed by atoms with Crippen LogP contribution in [-0.2, 0) is 12.8 Å². The molecule has 36 heavy (non-hydrogen) atoms. The minimum atomic E-state index is -0.0872. The van der Waals surface area contributed by atoms with Gasteiger partial charge in [-0.2, -0.15) is 0 Å². The molecule has 0 fully saturated rings. The zero-order valence-electron chi connectivity index (χ0n) is 21.3. The van der Waals surface area contributed by atoms with Crippen LogP contribution in [0.2, 0.25) is 0 Å². The first-order valence-corrected chi connectivity index (χ1v) is 13.3.